The lowest BCUT2D eigenvalue weighted by Crippen LogP contribution is -2.50. The number of piperidine rings is 1. The lowest BCUT2D eigenvalue weighted by Gasteiger charge is -2.39. The van der Waals surface area contributed by atoms with Gasteiger partial charge in [0.2, 0.25) is 11.8 Å². The fourth-order valence-electron chi connectivity index (χ4n) is 4.53. The number of nitrogens with zero attached hydrogens (tertiary/aromatic N) is 2. The van der Waals surface area contributed by atoms with Gasteiger partial charge in [0, 0.05) is 38.2 Å². The van der Waals surface area contributed by atoms with Crippen molar-refractivity contribution in [2.24, 2.45) is 11.3 Å². The first kappa shape index (κ1) is 20.5. The minimum absolute atomic E-state index is 0.170. The average Bonchev–Trinajstić information content (AvgIpc) is 3.10. The van der Waals surface area contributed by atoms with Crippen molar-refractivity contribution >= 4 is 11.8 Å². The third kappa shape index (κ3) is 3.96. The van der Waals surface area contributed by atoms with Crippen molar-refractivity contribution in [3.05, 3.63) is 23.8 Å². The normalized spacial score (nSPS) is 22.2. The quantitative estimate of drug-likeness (QED) is 0.751. The summed E-state index contributed by atoms with van der Waals surface area (Å²) in [6.45, 7) is 6.59. The van der Waals surface area contributed by atoms with Crippen molar-refractivity contribution in [1.82, 2.24) is 9.80 Å². The second kappa shape index (κ2) is 8.41. The van der Waals surface area contributed by atoms with Gasteiger partial charge < -0.3 is 19.3 Å². The predicted octanol–water partition coefficient (Wildman–Crippen LogP) is 3.09. The highest BCUT2D eigenvalue weighted by Gasteiger charge is 2.49. The summed E-state index contributed by atoms with van der Waals surface area (Å²) < 4.78 is 10.9. The van der Waals surface area contributed by atoms with Crippen LogP contribution in [0.25, 0.3) is 0 Å². The third-order valence-corrected chi connectivity index (χ3v) is 5.96. The van der Waals surface area contributed by atoms with Gasteiger partial charge in [-0.05, 0) is 31.2 Å². The van der Waals surface area contributed by atoms with Crippen LogP contribution in [0, 0.1) is 11.3 Å². The molecule has 3 rings (SSSR count). The maximum absolute atomic E-state index is 13.4. The van der Waals surface area contributed by atoms with Crippen molar-refractivity contribution in [2.75, 3.05) is 33.9 Å². The smallest absolute Gasteiger partial charge is 0.230 e. The second-order valence-corrected chi connectivity index (χ2v) is 8.43. The molecule has 28 heavy (non-hydrogen) atoms. The SMILES string of the molecule is COc1cccc(CN2CCC[C@]3(CCN(C(=O)CC(C)C)C3)C2=O)c1OC. The number of benzene rings is 1. The Balaban J connectivity index is 1.74. The predicted molar refractivity (Wildman–Crippen MR) is 107 cm³/mol. The number of carbonyl (C=O) groups excluding carboxylic acids is 2. The van der Waals surface area contributed by atoms with Crippen LogP contribution in [0.4, 0.5) is 0 Å². The highest BCUT2D eigenvalue weighted by Crippen LogP contribution is 2.41. The number of hydrogen-bond acceptors (Lipinski definition) is 4. The van der Waals surface area contributed by atoms with E-state index in [2.05, 4.69) is 13.8 Å². The van der Waals surface area contributed by atoms with E-state index in [0.717, 1.165) is 31.4 Å². The number of hydrogen-bond donors (Lipinski definition) is 0. The topological polar surface area (TPSA) is 59.1 Å². The van der Waals surface area contributed by atoms with Crippen LogP contribution in [0.15, 0.2) is 18.2 Å². The zero-order chi connectivity index (χ0) is 20.3. The molecule has 1 spiro atoms. The maximum atomic E-state index is 13.4. The molecular weight excluding hydrogens is 356 g/mol. The second-order valence-electron chi connectivity index (χ2n) is 8.43. The minimum atomic E-state index is -0.420. The number of carbonyl (C=O) groups is 2. The number of likely N-dealkylation sites (tertiary alicyclic amines) is 2. The Bertz CT molecular complexity index is 733. The van der Waals surface area contributed by atoms with Crippen molar-refractivity contribution in [2.45, 2.75) is 46.1 Å². The van der Waals surface area contributed by atoms with E-state index in [4.69, 9.17) is 9.47 Å². The molecule has 0 N–H and O–H groups in total. The van der Waals surface area contributed by atoms with Gasteiger partial charge in [-0.1, -0.05) is 26.0 Å². The van der Waals surface area contributed by atoms with Crippen LogP contribution in [0.3, 0.4) is 0 Å². The first-order valence-electron chi connectivity index (χ1n) is 10.2. The molecule has 2 heterocycles. The summed E-state index contributed by atoms with van der Waals surface area (Å²) in [7, 11) is 3.24. The lowest BCUT2D eigenvalue weighted by atomic mass is 9.78. The van der Waals surface area contributed by atoms with E-state index < -0.39 is 5.41 Å². The monoisotopic (exact) mass is 388 g/mol. The number of ether oxygens (including phenoxy) is 2. The Morgan fingerprint density at radius 1 is 1.18 bits per heavy atom. The van der Waals surface area contributed by atoms with Gasteiger partial charge in [0.05, 0.1) is 19.6 Å². The Labute approximate surface area is 167 Å². The van der Waals surface area contributed by atoms with Crippen LogP contribution in [0.5, 0.6) is 11.5 Å². The van der Waals surface area contributed by atoms with Crippen LogP contribution in [0.1, 0.15) is 45.1 Å². The summed E-state index contributed by atoms with van der Waals surface area (Å²) in [5.41, 5.74) is 0.523. The Morgan fingerprint density at radius 2 is 1.96 bits per heavy atom. The van der Waals surface area contributed by atoms with Crippen molar-refractivity contribution in [1.29, 1.82) is 0 Å². The molecule has 0 unspecified atom stereocenters. The van der Waals surface area contributed by atoms with Crippen molar-refractivity contribution in [3.8, 4) is 11.5 Å². The molecule has 6 nitrogen and oxygen atoms in total. The molecular formula is C22H32N2O4. The van der Waals surface area contributed by atoms with Crippen molar-refractivity contribution in [3.63, 3.8) is 0 Å². The molecule has 0 bridgehead atoms. The number of rotatable bonds is 6. The third-order valence-electron chi connectivity index (χ3n) is 5.96. The van der Waals surface area contributed by atoms with E-state index in [0.29, 0.717) is 43.5 Å². The molecule has 0 aromatic heterocycles. The van der Waals surface area contributed by atoms with E-state index in [1.54, 1.807) is 14.2 Å². The van der Waals surface area contributed by atoms with E-state index in [1.807, 2.05) is 28.0 Å². The highest BCUT2D eigenvalue weighted by molar-refractivity contribution is 5.86. The van der Waals surface area contributed by atoms with Gasteiger partial charge in [-0.2, -0.15) is 0 Å². The molecule has 0 aliphatic carbocycles. The molecule has 1 aromatic carbocycles. The van der Waals surface area contributed by atoms with Gasteiger partial charge in [-0.25, -0.2) is 0 Å². The summed E-state index contributed by atoms with van der Waals surface area (Å²) in [4.78, 5) is 29.7. The number of methoxy groups -OCH3 is 2. The minimum Gasteiger partial charge on any atom is -0.493 e. The van der Waals surface area contributed by atoms with E-state index >= 15 is 0 Å². The van der Waals surface area contributed by atoms with E-state index in [1.165, 1.54) is 0 Å². The Hall–Kier alpha value is -2.24. The standard InChI is InChI=1S/C22H32N2O4/c1-16(2)13-19(25)24-12-10-22(15-24)9-6-11-23(21(22)26)14-17-7-5-8-18(27-3)20(17)28-4/h5,7-8,16H,6,9-15H2,1-4H3/t22-/m1/s1. The zero-order valence-electron chi connectivity index (χ0n) is 17.5. The van der Waals surface area contributed by atoms with Crippen LogP contribution >= 0.6 is 0 Å². The summed E-state index contributed by atoms with van der Waals surface area (Å²) >= 11 is 0. The molecule has 2 aliphatic heterocycles. The van der Waals surface area contributed by atoms with E-state index in [-0.39, 0.29) is 11.8 Å². The van der Waals surface area contributed by atoms with Crippen LogP contribution in [-0.4, -0.2) is 55.5 Å². The Morgan fingerprint density at radius 3 is 2.64 bits per heavy atom. The molecule has 2 aliphatic rings. The maximum Gasteiger partial charge on any atom is 0.230 e. The molecule has 154 valence electrons. The highest BCUT2D eigenvalue weighted by atomic mass is 16.5. The summed E-state index contributed by atoms with van der Waals surface area (Å²) in [5.74, 6) is 2.03. The van der Waals surface area contributed by atoms with Crippen LogP contribution < -0.4 is 9.47 Å². The molecule has 0 saturated carbocycles. The van der Waals surface area contributed by atoms with Gasteiger partial charge in [-0.3, -0.25) is 9.59 Å². The van der Waals surface area contributed by atoms with Crippen LogP contribution in [0.2, 0.25) is 0 Å². The van der Waals surface area contributed by atoms with Crippen molar-refractivity contribution < 1.29 is 19.1 Å². The summed E-state index contributed by atoms with van der Waals surface area (Å²) in [5, 5.41) is 0. The molecule has 2 amide bonds. The van der Waals surface area contributed by atoms with Crippen LogP contribution in [-0.2, 0) is 16.1 Å². The number of amides is 2. The first-order valence-corrected chi connectivity index (χ1v) is 10.2. The van der Waals surface area contributed by atoms with E-state index in [9.17, 15) is 9.59 Å². The molecule has 1 atom stereocenters. The summed E-state index contributed by atoms with van der Waals surface area (Å²) in [6, 6.07) is 5.75. The molecule has 1 aromatic rings. The first-order chi connectivity index (χ1) is 13.4. The van der Waals surface area contributed by atoms with Gasteiger partial charge in [0.1, 0.15) is 0 Å². The number of para-hydroxylation sites is 1. The molecule has 2 saturated heterocycles. The van der Waals surface area contributed by atoms with Gasteiger partial charge >= 0.3 is 0 Å². The zero-order valence-corrected chi connectivity index (χ0v) is 17.5. The van der Waals surface area contributed by atoms with Gasteiger partial charge in [-0.15, -0.1) is 0 Å². The largest absolute Gasteiger partial charge is 0.493 e. The van der Waals surface area contributed by atoms with Gasteiger partial charge in [0.25, 0.3) is 0 Å². The summed E-state index contributed by atoms with van der Waals surface area (Å²) in [6.07, 6.45) is 3.14. The fraction of sp³-hybridized carbons (Fsp3) is 0.636. The molecule has 6 heteroatoms. The molecule has 2 fully saturated rings. The van der Waals surface area contributed by atoms with Gasteiger partial charge in [0.15, 0.2) is 11.5 Å². The Kier molecular flexibility index (Phi) is 6.16. The fourth-order valence-corrected chi connectivity index (χ4v) is 4.53. The molecule has 0 radical (unpaired) electrons. The lowest BCUT2D eigenvalue weighted by molar-refractivity contribution is -0.146. The average molecular weight is 389 g/mol.